The Labute approximate surface area is 200 Å². The number of aromatic nitrogens is 3. The van der Waals surface area contributed by atoms with Gasteiger partial charge < -0.3 is 13.9 Å². The third-order valence-electron chi connectivity index (χ3n) is 4.70. The molecule has 0 saturated heterocycles. The molecule has 170 valence electrons. The molecule has 0 bridgehead atoms. The highest BCUT2D eigenvalue weighted by atomic mass is 35.5. The minimum Gasteiger partial charge on any atom is -0.486 e. The summed E-state index contributed by atoms with van der Waals surface area (Å²) in [5.74, 6) is 1.66. The van der Waals surface area contributed by atoms with Gasteiger partial charge >= 0.3 is 5.97 Å². The Morgan fingerprint density at radius 1 is 1.09 bits per heavy atom. The SMILES string of the molecule is CCOC(=O)C(Sc1nnc(COc2ccc(Cl)cc2)n1Cc1ccco1)c1ccccc1. The molecule has 0 spiro atoms. The van der Waals surface area contributed by atoms with Gasteiger partial charge in [0.25, 0.3) is 0 Å². The van der Waals surface area contributed by atoms with Crippen LogP contribution in [0.3, 0.4) is 0 Å². The number of esters is 1. The molecule has 7 nitrogen and oxygen atoms in total. The summed E-state index contributed by atoms with van der Waals surface area (Å²) < 4.78 is 18.6. The van der Waals surface area contributed by atoms with Crippen molar-refractivity contribution >= 4 is 29.3 Å². The van der Waals surface area contributed by atoms with Crippen LogP contribution in [0.5, 0.6) is 5.75 Å². The van der Waals surface area contributed by atoms with Crippen LogP contribution in [0.4, 0.5) is 0 Å². The number of hydrogen-bond donors (Lipinski definition) is 0. The summed E-state index contributed by atoms with van der Waals surface area (Å²) in [5, 5.41) is 9.29. The van der Waals surface area contributed by atoms with Crippen molar-refractivity contribution in [1.29, 1.82) is 0 Å². The molecular weight excluding hydrogens is 462 g/mol. The molecule has 4 rings (SSSR count). The average Bonchev–Trinajstić information content (AvgIpc) is 3.48. The van der Waals surface area contributed by atoms with Gasteiger partial charge in [-0.3, -0.25) is 9.36 Å². The van der Waals surface area contributed by atoms with Gasteiger partial charge in [0.05, 0.1) is 19.4 Å². The molecule has 2 heterocycles. The first-order chi connectivity index (χ1) is 16.1. The van der Waals surface area contributed by atoms with E-state index in [1.54, 1.807) is 37.5 Å². The van der Waals surface area contributed by atoms with Crippen LogP contribution in [0.2, 0.25) is 5.02 Å². The summed E-state index contributed by atoms with van der Waals surface area (Å²) in [6.07, 6.45) is 1.61. The van der Waals surface area contributed by atoms with Crippen molar-refractivity contribution in [3.63, 3.8) is 0 Å². The van der Waals surface area contributed by atoms with E-state index >= 15 is 0 Å². The zero-order valence-corrected chi connectivity index (χ0v) is 19.5. The van der Waals surface area contributed by atoms with E-state index in [9.17, 15) is 4.79 Å². The summed E-state index contributed by atoms with van der Waals surface area (Å²) in [4.78, 5) is 12.8. The molecule has 0 aliphatic rings. The van der Waals surface area contributed by atoms with Crippen molar-refractivity contribution in [2.75, 3.05) is 6.61 Å². The molecule has 0 aliphatic heterocycles. The quantitative estimate of drug-likeness (QED) is 0.216. The first kappa shape index (κ1) is 22.9. The third kappa shape index (κ3) is 5.97. The average molecular weight is 484 g/mol. The highest BCUT2D eigenvalue weighted by molar-refractivity contribution is 8.00. The van der Waals surface area contributed by atoms with Gasteiger partial charge in [-0.15, -0.1) is 10.2 Å². The largest absolute Gasteiger partial charge is 0.486 e. The Hall–Kier alpha value is -3.23. The number of carbonyl (C=O) groups excluding carboxylic acids is 1. The van der Waals surface area contributed by atoms with E-state index in [1.807, 2.05) is 47.0 Å². The van der Waals surface area contributed by atoms with E-state index in [0.29, 0.717) is 34.9 Å². The second-order valence-corrected chi connectivity index (χ2v) is 8.48. The number of ether oxygens (including phenoxy) is 2. The van der Waals surface area contributed by atoms with Crippen molar-refractivity contribution < 1.29 is 18.7 Å². The van der Waals surface area contributed by atoms with Gasteiger partial charge in [0.15, 0.2) is 11.0 Å². The van der Waals surface area contributed by atoms with E-state index in [2.05, 4.69) is 10.2 Å². The van der Waals surface area contributed by atoms with E-state index in [4.69, 9.17) is 25.5 Å². The maximum absolute atomic E-state index is 12.8. The second-order valence-electron chi connectivity index (χ2n) is 6.97. The van der Waals surface area contributed by atoms with Gasteiger partial charge in [-0.25, -0.2) is 0 Å². The normalized spacial score (nSPS) is 11.8. The van der Waals surface area contributed by atoms with E-state index in [1.165, 1.54) is 11.8 Å². The number of thioether (sulfide) groups is 1. The fourth-order valence-electron chi connectivity index (χ4n) is 3.11. The molecule has 0 fully saturated rings. The van der Waals surface area contributed by atoms with Crippen LogP contribution in [-0.4, -0.2) is 27.3 Å². The summed E-state index contributed by atoms with van der Waals surface area (Å²) in [7, 11) is 0. The molecule has 2 aromatic heterocycles. The van der Waals surface area contributed by atoms with Crippen molar-refractivity contribution in [3.05, 3.63) is 95.2 Å². The lowest BCUT2D eigenvalue weighted by atomic mass is 10.1. The fraction of sp³-hybridized carbons (Fsp3) is 0.208. The minimum atomic E-state index is -0.587. The molecule has 0 aliphatic carbocycles. The number of furan rings is 1. The van der Waals surface area contributed by atoms with Crippen molar-refractivity contribution in [2.24, 2.45) is 0 Å². The zero-order valence-electron chi connectivity index (χ0n) is 17.9. The molecule has 1 unspecified atom stereocenters. The maximum atomic E-state index is 12.8. The third-order valence-corrected chi connectivity index (χ3v) is 6.16. The summed E-state index contributed by atoms with van der Waals surface area (Å²) >= 11 is 7.23. The van der Waals surface area contributed by atoms with Crippen LogP contribution < -0.4 is 4.74 Å². The predicted octanol–water partition coefficient (Wildman–Crippen LogP) is 5.55. The van der Waals surface area contributed by atoms with Gasteiger partial charge in [-0.05, 0) is 48.9 Å². The van der Waals surface area contributed by atoms with E-state index in [0.717, 1.165) is 11.3 Å². The molecule has 2 aromatic carbocycles. The van der Waals surface area contributed by atoms with E-state index < -0.39 is 5.25 Å². The second kappa shape index (κ2) is 11.1. The maximum Gasteiger partial charge on any atom is 0.324 e. The molecular formula is C24H22ClN3O4S. The van der Waals surface area contributed by atoms with Crippen LogP contribution in [0.1, 0.15) is 29.3 Å². The molecule has 1 atom stereocenters. The molecule has 0 amide bonds. The van der Waals surface area contributed by atoms with Crippen LogP contribution in [0.25, 0.3) is 0 Å². The highest BCUT2D eigenvalue weighted by Gasteiger charge is 2.27. The first-order valence-electron chi connectivity index (χ1n) is 10.3. The monoisotopic (exact) mass is 483 g/mol. The van der Waals surface area contributed by atoms with Gasteiger partial charge in [0, 0.05) is 5.02 Å². The molecule has 0 radical (unpaired) electrons. The molecule has 33 heavy (non-hydrogen) atoms. The van der Waals surface area contributed by atoms with Crippen LogP contribution >= 0.6 is 23.4 Å². The van der Waals surface area contributed by atoms with Gasteiger partial charge in [0.1, 0.15) is 23.4 Å². The van der Waals surface area contributed by atoms with Gasteiger partial charge in [0.2, 0.25) is 0 Å². The Bertz CT molecular complexity index is 1160. The number of halogens is 1. The lowest BCUT2D eigenvalue weighted by molar-refractivity contribution is -0.142. The Kier molecular flexibility index (Phi) is 7.70. The number of nitrogens with zero attached hydrogens (tertiary/aromatic N) is 3. The Balaban J connectivity index is 1.61. The number of rotatable bonds is 10. The fourth-order valence-corrected chi connectivity index (χ4v) is 4.29. The highest BCUT2D eigenvalue weighted by Crippen LogP contribution is 2.36. The van der Waals surface area contributed by atoms with Crippen LogP contribution in [-0.2, 0) is 22.7 Å². The smallest absolute Gasteiger partial charge is 0.324 e. The topological polar surface area (TPSA) is 79.4 Å². The van der Waals surface area contributed by atoms with Crippen molar-refractivity contribution in [1.82, 2.24) is 14.8 Å². The molecule has 4 aromatic rings. The van der Waals surface area contributed by atoms with Crippen molar-refractivity contribution in [2.45, 2.75) is 30.5 Å². The zero-order chi connectivity index (χ0) is 23.0. The lowest BCUT2D eigenvalue weighted by Crippen LogP contribution is -2.15. The van der Waals surface area contributed by atoms with Crippen molar-refractivity contribution in [3.8, 4) is 5.75 Å². The lowest BCUT2D eigenvalue weighted by Gasteiger charge is -2.16. The Morgan fingerprint density at radius 3 is 2.58 bits per heavy atom. The van der Waals surface area contributed by atoms with Crippen LogP contribution in [0.15, 0.2) is 82.6 Å². The van der Waals surface area contributed by atoms with Gasteiger partial charge in [-0.1, -0.05) is 53.7 Å². The predicted molar refractivity (Wildman–Crippen MR) is 125 cm³/mol. The number of carbonyl (C=O) groups is 1. The van der Waals surface area contributed by atoms with Gasteiger partial charge in [-0.2, -0.15) is 0 Å². The standard InChI is InChI=1S/C24H22ClN3O4S/c1-2-30-23(29)22(17-7-4-3-5-8-17)33-24-27-26-21(28(24)15-20-9-6-14-31-20)16-32-19-12-10-18(25)11-13-19/h3-14,22H,2,15-16H2,1H3. The van der Waals surface area contributed by atoms with Crippen LogP contribution in [0, 0.1) is 0 Å². The summed E-state index contributed by atoms with van der Waals surface area (Å²) in [5.41, 5.74) is 0.826. The first-order valence-corrected chi connectivity index (χ1v) is 11.6. The molecule has 9 heteroatoms. The summed E-state index contributed by atoms with van der Waals surface area (Å²) in [6, 6.07) is 20.3. The van der Waals surface area contributed by atoms with E-state index in [-0.39, 0.29) is 12.6 Å². The number of benzene rings is 2. The Morgan fingerprint density at radius 2 is 1.88 bits per heavy atom. The summed E-state index contributed by atoms with van der Waals surface area (Å²) in [6.45, 7) is 2.66. The molecule has 0 saturated carbocycles. The minimum absolute atomic E-state index is 0.186. The molecule has 0 N–H and O–H groups in total. The number of hydrogen-bond acceptors (Lipinski definition) is 7.